The zero-order valence-electron chi connectivity index (χ0n) is 22.5. The number of nitriles is 1. The van der Waals surface area contributed by atoms with Crippen LogP contribution in [0.3, 0.4) is 0 Å². The van der Waals surface area contributed by atoms with Crippen LogP contribution in [0.25, 0.3) is 21.1 Å². The van der Waals surface area contributed by atoms with E-state index in [-0.39, 0.29) is 17.7 Å². The molecule has 2 aromatic heterocycles. The first-order valence-corrected chi connectivity index (χ1v) is 16.6. The summed E-state index contributed by atoms with van der Waals surface area (Å²) < 4.78 is 20.0. The second kappa shape index (κ2) is 10.7. The lowest BCUT2D eigenvalue weighted by atomic mass is 9.76. The monoisotopic (exact) mass is 578 g/mol. The average molecular weight is 579 g/mol. The van der Waals surface area contributed by atoms with Gasteiger partial charge in [-0.2, -0.15) is 21.0 Å². The van der Waals surface area contributed by atoms with Gasteiger partial charge in [-0.25, -0.2) is 4.98 Å². The van der Waals surface area contributed by atoms with Crippen molar-refractivity contribution in [1.82, 2.24) is 20.5 Å². The zero-order chi connectivity index (χ0) is 27.9. The molecule has 1 amide bonds. The SMILES string of the molecule is Cc1ccc(-c2nc([C@@H]3CCCC[C@H]3C(=O)NC3(C#N)CC3)c(-c3ccc(N4CCS(O)(O)CC4)cc3)s2)nn1. The molecule has 2 aliphatic carbocycles. The summed E-state index contributed by atoms with van der Waals surface area (Å²) in [5.74, 6) is 0.476. The summed E-state index contributed by atoms with van der Waals surface area (Å²) in [4.78, 5) is 21.8. The van der Waals surface area contributed by atoms with Gasteiger partial charge in [0.25, 0.3) is 0 Å². The molecule has 0 unspecified atom stereocenters. The lowest BCUT2D eigenvalue weighted by Gasteiger charge is -2.41. The number of hydrogen-bond donors (Lipinski definition) is 3. The molecule has 40 heavy (non-hydrogen) atoms. The van der Waals surface area contributed by atoms with Gasteiger partial charge in [0.2, 0.25) is 5.91 Å². The maximum atomic E-state index is 13.5. The highest BCUT2D eigenvalue weighted by Gasteiger charge is 2.47. The van der Waals surface area contributed by atoms with Crippen LogP contribution >= 0.6 is 21.9 Å². The summed E-state index contributed by atoms with van der Waals surface area (Å²) in [7, 11) is -2.45. The third-order valence-corrected chi connectivity index (χ3v) is 11.1. The van der Waals surface area contributed by atoms with Gasteiger partial charge in [0, 0.05) is 30.6 Å². The summed E-state index contributed by atoms with van der Waals surface area (Å²) in [6.07, 6.45) is 5.09. The second-order valence-electron chi connectivity index (χ2n) is 11.2. The number of amides is 1. The van der Waals surface area contributed by atoms with Gasteiger partial charge in [-0.1, -0.05) is 25.0 Å². The van der Waals surface area contributed by atoms with Gasteiger partial charge in [0.15, 0.2) is 0 Å². The highest BCUT2D eigenvalue weighted by Crippen LogP contribution is 2.47. The van der Waals surface area contributed by atoms with Crippen molar-refractivity contribution in [1.29, 1.82) is 5.26 Å². The molecule has 1 aromatic carbocycles. The van der Waals surface area contributed by atoms with E-state index in [4.69, 9.17) is 4.98 Å². The number of carbonyl (C=O) groups excluding carboxylic acids is 1. The van der Waals surface area contributed by atoms with E-state index in [1.807, 2.05) is 19.1 Å². The van der Waals surface area contributed by atoms with Gasteiger partial charge in [0.1, 0.15) is 16.2 Å². The van der Waals surface area contributed by atoms with Crippen LogP contribution in [0.4, 0.5) is 5.69 Å². The van der Waals surface area contributed by atoms with E-state index < -0.39 is 16.1 Å². The molecule has 0 radical (unpaired) electrons. The summed E-state index contributed by atoms with van der Waals surface area (Å²) >= 11 is 1.58. The maximum Gasteiger partial charge on any atom is 0.225 e. The molecule has 6 rings (SSSR count). The minimum Gasteiger partial charge on any atom is -0.368 e. The van der Waals surface area contributed by atoms with E-state index in [0.29, 0.717) is 43.1 Å². The number of aryl methyl sites for hydroxylation is 1. The standard InChI is InChI=1S/C29H34N6O3S2/c1-19-6-11-24(34-33-19)28-31-25(22-4-2-3-5-23(22)27(36)32-29(18-30)12-13-29)26(39-28)20-7-9-21(10-8-20)35-14-16-40(37,38)17-15-35/h6-11,22-23,37-38H,2-5,12-17H2,1H3,(H,32,36)/t22-,23-/m1/s1. The van der Waals surface area contributed by atoms with Gasteiger partial charge in [0.05, 0.1) is 33.8 Å². The highest BCUT2D eigenvalue weighted by atomic mass is 32.3. The number of carbonyl (C=O) groups is 1. The Morgan fingerprint density at radius 1 is 1.10 bits per heavy atom. The number of nitrogens with one attached hydrogen (secondary N) is 1. The number of rotatable bonds is 6. The van der Waals surface area contributed by atoms with Crippen LogP contribution in [0, 0.1) is 24.2 Å². The Labute approximate surface area is 240 Å². The third-order valence-electron chi connectivity index (χ3n) is 8.32. The number of nitrogens with zero attached hydrogens (tertiary/aromatic N) is 5. The molecule has 2 saturated carbocycles. The topological polar surface area (TPSA) is 135 Å². The normalized spacial score (nSPS) is 24.1. The predicted molar refractivity (Wildman–Crippen MR) is 159 cm³/mol. The summed E-state index contributed by atoms with van der Waals surface area (Å²) in [6, 6.07) is 14.5. The Hall–Kier alpha value is -3.04. The second-order valence-corrected chi connectivity index (χ2v) is 14.6. The lowest BCUT2D eigenvalue weighted by Crippen LogP contribution is -2.42. The summed E-state index contributed by atoms with van der Waals surface area (Å²) in [5, 5.41) is 22.0. The Bertz CT molecular complexity index is 1420. The lowest BCUT2D eigenvalue weighted by molar-refractivity contribution is -0.127. The van der Waals surface area contributed by atoms with Gasteiger partial charge in [-0.15, -0.1) is 16.4 Å². The molecular weight excluding hydrogens is 544 g/mol. The minimum absolute atomic E-state index is 0.0363. The zero-order valence-corrected chi connectivity index (χ0v) is 24.2. The van der Waals surface area contributed by atoms with Crippen LogP contribution in [-0.2, 0) is 4.79 Å². The van der Waals surface area contributed by atoms with Crippen molar-refractivity contribution in [2.75, 3.05) is 29.5 Å². The molecule has 2 atom stereocenters. The van der Waals surface area contributed by atoms with Crippen LogP contribution in [-0.4, -0.2) is 60.3 Å². The van der Waals surface area contributed by atoms with E-state index in [2.05, 4.69) is 50.7 Å². The average Bonchev–Trinajstić information content (AvgIpc) is 3.60. The molecule has 3 fully saturated rings. The molecule has 3 N–H and O–H groups in total. The molecular formula is C29H34N6O3S2. The molecule has 210 valence electrons. The Morgan fingerprint density at radius 3 is 2.48 bits per heavy atom. The predicted octanol–water partition coefficient (Wildman–Crippen LogP) is 5.59. The van der Waals surface area contributed by atoms with Crippen LogP contribution in [0.15, 0.2) is 36.4 Å². The van der Waals surface area contributed by atoms with Crippen molar-refractivity contribution >= 4 is 33.5 Å². The summed E-state index contributed by atoms with van der Waals surface area (Å²) in [6.45, 7) is 3.14. The first-order valence-electron chi connectivity index (χ1n) is 13.9. The number of benzene rings is 1. The molecule has 0 bridgehead atoms. The van der Waals surface area contributed by atoms with Crippen LogP contribution in [0.5, 0.6) is 0 Å². The number of anilines is 1. The fourth-order valence-electron chi connectivity index (χ4n) is 5.71. The van der Waals surface area contributed by atoms with E-state index in [9.17, 15) is 19.2 Å². The molecule has 0 spiro atoms. The van der Waals surface area contributed by atoms with Crippen molar-refractivity contribution in [3.63, 3.8) is 0 Å². The van der Waals surface area contributed by atoms with Crippen LogP contribution in [0.1, 0.15) is 55.8 Å². The Morgan fingerprint density at radius 2 is 1.82 bits per heavy atom. The Kier molecular flexibility index (Phi) is 7.29. The minimum atomic E-state index is -2.45. The third kappa shape index (κ3) is 5.59. The van der Waals surface area contributed by atoms with Crippen LogP contribution < -0.4 is 10.2 Å². The van der Waals surface area contributed by atoms with Crippen molar-refractivity contribution in [3.8, 4) is 27.2 Å². The van der Waals surface area contributed by atoms with E-state index in [1.54, 1.807) is 11.3 Å². The molecule has 1 aliphatic heterocycles. The summed E-state index contributed by atoms with van der Waals surface area (Å²) in [5.41, 5.74) is 3.86. The molecule has 3 aliphatic rings. The van der Waals surface area contributed by atoms with Gasteiger partial charge in [-0.05, 0) is 62.4 Å². The first-order chi connectivity index (χ1) is 19.3. The van der Waals surface area contributed by atoms with E-state index in [0.717, 1.165) is 58.2 Å². The first kappa shape index (κ1) is 27.1. The van der Waals surface area contributed by atoms with Crippen molar-refractivity contribution in [2.24, 2.45) is 5.92 Å². The number of thiazole rings is 1. The van der Waals surface area contributed by atoms with Gasteiger partial charge in [-0.3, -0.25) is 13.9 Å². The van der Waals surface area contributed by atoms with Crippen molar-refractivity contribution in [3.05, 3.63) is 47.8 Å². The largest absolute Gasteiger partial charge is 0.368 e. The highest BCUT2D eigenvalue weighted by molar-refractivity contribution is 8.24. The van der Waals surface area contributed by atoms with E-state index >= 15 is 0 Å². The van der Waals surface area contributed by atoms with Gasteiger partial charge < -0.3 is 10.2 Å². The van der Waals surface area contributed by atoms with Crippen LogP contribution in [0.2, 0.25) is 0 Å². The molecule has 3 heterocycles. The fraction of sp³-hybridized carbons (Fsp3) is 0.483. The maximum absolute atomic E-state index is 13.5. The smallest absolute Gasteiger partial charge is 0.225 e. The van der Waals surface area contributed by atoms with Crippen molar-refractivity contribution in [2.45, 2.75) is 56.9 Å². The number of aromatic nitrogens is 3. The molecule has 3 aromatic rings. The number of hydrogen-bond acceptors (Lipinski definition) is 9. The molecule has 1 saturated heterocycles. The molecule has 9 nitrogen and oxygen atoms in total. The fourth-order valence-corrected chi connectivity index (χ4v) is 8.05. The molecule has 11 heteroatoms. The van der Waals surface area contributed by atoms with Gasteiger partial charge >= 0.3 is 0 Å². The van der Waals surface area contributed by atoms with Crippen molar-refractivity contribution < 1.29 is 13.9 Å². The quantitative estimate of drug-likeness (QED) is 0.344. The Balaban J connectivity index is 1.34. The van der Waals surface area contributed by atoms with E-state index in [1.165, 1.54) is 0 Å².